The first kappa shape index (κ1) is 18.5. The second-order valence-corrected chi connectivity index (χ2v) is 6.68. The van der Waals surface area contributed by atoms with Crippen molar-refractivity contribution in [2.75, 3.05) is 11.1 Å². The van der Waals surface area contributed by atoms with Crippen LogP contribution in [0.5, 0.6) is 0 Å². The summed E-state index contributed by atoms with van der Waals surface area (Å²) in [6.45, 7) is 2.01. The molecule has 0 saturated carbocycles. The molecule has 3 aromatic rings. The Kier molecular flexibility index (Phi) is 5.77. The van der Waals surface area contributed by atoms with E-state index in [1.165, 1.54) is 23.9 Å². The fraction of sp³-hybridized carbons (Fsp3) is 0.105. The zero-order valence-corrected chi connectivity index (χ0v) is 15.3. The number of carbonyl (C=O) groups excluding carboxylic acids is 1. The van der Waals surface area contributed by atoms with Gasteiger partial charge >= 0.3 is 0 Å². The van der Waals surface area contributed by atoms with Crippen molar-refractivity contribution in [3.05, 3.63) is 76.3 Å². The zero-order valence-electron chi connectivity index (χ0n) is 14.5. The Morgan fingerprint density at radius 1 is 1.07 bits per heavy atom. The highest BCUT2D eigenvalue weighted by Crippen LogP contribution is 2.25. The number of carbonyl (C=O) groups is 1. The zero-order chi connectivity index (χ0) is 19.2. The molecule has 3 rings (SSSR count). The molecule has 136 valence electrons. The monoisotopic (exact) mass is 380 g/mol. The fourth-order valence-electron chi connectivity index (χ4n) is 2.47. The molecule has 1 N–H and O–H groups in total. The van der Waals surface area contributed by atoms with Gasteiger partial charge in [0.15, 0.2) is 0 Å². The molecule has 0 aliphatic heterocycles. The Bertz CT molecular complexity index is 977. The molecule has 0 saturated heterocycles. The second kappa shape index (κ2) is 8.41. The highest BCUT2D eigenvalue weighted by molar-refractivity contribution is 7.99. The molecule has 8 heteroatoms. The van der Waals surface area contributed by atoms with Crippen LogP contribution in [-0.4, -0.2) is 26.8 Å². The lowest BCUT2D eigenvalue weighted by Gasteiger charge is -2.06. The molecule has 1 aromatic heterocycles. The average Bonchev–Trinajstić information content (AvgIpc) is 2.67. The number of anilines is 1. The molecule has 7 nitrogen and oxygen atoms in total. The first-order valence-corrected chi connectivity index (χ1v) is 9.09. The molecule has 0 radical (unpaired) electrons. The molecule has 0 aliphatic rings. The van der Waals surface area contributed by atoms with Gasteiger partial charge in [-0.3, -0.25) is 14.9 Å². The van der Waals surface area contributed by atoms with Crippen molar-refractivity contribution in [1.29, 1.82) is 0 Å². The maximum atomic E-state index is 12.1. The van der Waals surface area contributed by atoms with Gasteiger partial charge in [-0.05, 0) is 30.7 Å². The van der Waals surface area contributed by atoms with Gasteiger partial charge in [0, 0.05) is 11.6 Å². The van der Waals surface area contributed by atoms with E-state index in [2.05, 4.69) is 15.5 Å². The molecular weight excluding hydrogens is 364 g/mol. The van der Waals surface area contributed by atoms with E-state index in [4.69, 9.17) is 0 Å². The fourth-order valence-corrected chi connectivity index (χ4v) is 3.08. The number of aromatic nitrogens is 2. The van der Waals surface area contributed by atoms with Crippen LogP contribution in [0, 0.1) is 17.0 Å². The van der Waals surface area contributed by atoms with Crippen molar-refractivity contribution in [2.24, 2.45) is 0 Å². The molecule has 1 amide bonds. The van der Waals surface area contributed by atoms with Crippen LogP contribution in [0.4, 0.5) is 11.4 Å². The van der Waals surface area contributed by atoms with Gasteiger partial charge in [0.2, 0.25) is 5.91 Å². The minimum atomic E-state index is -0.529. The molecule has 2 aromatic carbocycles. The molecule has 0 fully saturated rings. The van der Waals surface area contributed by atoms with Crippen molar-refractivity contribution >= 4 is 29.0 Å². The van der Waals surface area contributed by atoms with Crippen molar-refractivity contribution in [3.63, 3.8) is 0 Å². The van der Waals surface area contributed by atoms with Crippen molar-refractivity contribution < 1.29 is 9.72 Å². The number of benzene rings is 2. The Hall–Kier alpha value is -3.26. The van der Waals surface area contributed by atoms with Crippen LogP contribution in [-0.2, 0) is 4.79 Å². The molecule has 0 spiro atoms. The van der Waals surface area contributed by atoms with Gasteiger partial charge in [0.1, 0.15) is 10.7 Å². The number of para-hydroxylation sites is 2. The van der Waals surface area contributed by atoms with E-state index in [-0.39, 0.29) is 23.0 Å². The molecule has 0 atom stereocenters. The molecule has 0 aliphatic carbocycles. The maximum Gasteiger partial charge on any atom is 0.292 e. The number of rotatable bonds is 6. The quantitative estimate of drug-likeness (QED) is 0.393. The largest absolute Gasteiger partial charge is 0.320 e. The lowest BCUT2D eigenvalue weighted by Crippen LogP contribution is -2.15. The van der Waals surface area contributed by atoms with Gasteiger partial charge in [-0.2, -0.15) is 0 Å². The third kappa shape index (κ3) is 4.68. The van der Waals surface area contributed by atoms with E-state index in [0.29, 0.717) is 5.03 Å². The van der Waals surface area contributed by atoms with Crippen molar-refractivity contribution in [2.45, 2.75) is 11.9 Å². The number of amides is 1. The summed E-state index contributed by atoms with van der Waals surface area (Å²) in [7, 11) is 0. The van der Waals surface area contributed by atoms with Gasteiger partial charge in [-0.1, -0.05) is 48.2 Å². The topological polar surface area (TPSA) is 98.0 Å². The normalized spacial score (nSPS) is 10.4. The Morgan fingerprint density at radius 2 is 1.81 bits per heavy atom. The Labute approximate surface area is 160 Å². The smallest absolute Gasteiger partial charge is 0.292 e. The standard InChI is InChI=1S/C19H16N4O3S/c1-13-6-2-3-7-14(13)15-10-11-19(22-21-15)27-12-18(24)20-16-8-4-5-9-17(16)23(25)26/h2-11H,12H2,1H3,(H,20,24). The molecule has 0 bridgehead atoms. The Morgan fingerprint density at radius 3 is 2.52 bits per heavy atom. The number of hydrogen-bond donors (Lipinski definition) is 1. The van der Waals surface area contributed by atoms with E-state index >= 15 is 0 Å². The number of thioether (sulfide) groups is 1. The SMILES string of the molecule is Cc1ccccc1-c1ccc(SCC(=O)Nc2ccccc2[N+](=O)[O-])nn1. The Balaban J connectivity index is 1.61. The predicted molar refractivity (Wildman–Crippen MR) is 105 cm³/mol. The minimum absolute atomic E-state index is 0.0738. The van der Waals surface area contributed by atoms with Gasteiger partial charge in [-0.15, -0.1) is 10.2 Å². The summed E-state index contributed by atoms with van der Waals surface area (Å²) in [5.74, 6) is -0.274. The molecule has 0 unspecified atom stereocenters. The summed E-state index contributed by atoms with van der Waals surface area (Å²) in [6, 6.07) is 17.6. The maximum absolute atomic E-state index is 12.1. The summed E-state index contributed by atoms with van der Waals surface area (Å²) < 4.78 is 0. The van der Waals surface area contributed by atoms with Crippen LogP contribution in [0.25, 0.3) is 11.3 Å². The first-order valence-electron chi connectivity index (χ1n) is 8.10. The number of nitrogens with one attached hydrogen (secondary N) is 1. The van der Waals surface area contributed by atoms with Crippen LogP contribution in [0.2, 0.25) is 0 Å². The highest BCUT2D eigenvalue weighted by atomic mass is 32.2. The van der Waals surface area contributed by atoms with E-state index in [1.807, 2.05) is 37.3 Å². The number of hydrogen-bond acceptors (Lipinski definition) is 6. The van der Waals surface area contributed by atoms with Crippen LogP contribution >= 0.6 is 11.8 Å². The summed E-state index contributed by atoms with van der Waals surface area (Å²) in [6.07, 6.45) is 0. The number of nitrogens with zero attached hydrogens (tertiary/aromatic N) is 3. The number of aryl methyl sites for hydroxylation is 1. The highest BCUT2D eigenvalue weighted by Gasteiger charge is 2.15. The van der Waals surface area contributed by atoms with E-state index in [0.717, 1.165) is 16.8 Å². The summed E-state index contributed by atoms with van der Waals surface area (Å²) in [4.78, 5) is 22.5. The molecule has 27 heavy (non-hydrogen) atoms. The van der Waals surface area contributed by atoms with Crippen molar-refractivity contribution in [3.8, 4) is 11.3 Å². The third-order valence-electron chi connectivity index (χ3n) is 3.79. The van der Waals surface area contributed by atoms with Gasteiger partial charge in [0.05, 0.1) is 16.4 Å². The minimum Gasteiger partial charge on any atom is -0.320 e. The predicted octanol–water partition coefficient (Wildman–Crippen LogP) is 4.09. The van der Waals surface area contributed by atoms with Gasteiger partial charge in [-0.25, -0.2) is 0 Å². The number of nitro groups is 1. The van der Waals surface area contributed by atoms with E-state index < -0.39 is 4.92 Å². The van der Waals surface area contributed by atoms with Crippen LogP contribution in [0.15, 0.2) is 65.7 Å². The molecular formula is C19H16N4O3S. The van der Waals surface area contributed by atoms with Crippen molar-refractivity contribution in [1.82, 2.24) is 10.2 Å². The van der Waals surface area contributed by atoms with Crippen LogP contribution in [0.3, 0.4) is 0 Å². The van der Waals surface area contributed by atoms with E-state index in [9.17, 15) is 14.9 Å². The first-order chi connectivity index (χ1) is 13.0. The average molecular weight is 380 g/mol. The van der Waals surface area contributed by atoms with Crippen LogP contribution < -0.4 is 5.32 Å². The molecule has 1 heterocycles. The summed E-state index contributed by atoms with van der Waals surface area (Å²) in [5, 5.41) is 22.5. The third-order valence-corrected chi connectivity index (χ3v) is 4.71. The van der Waals surface area contributed by atoms with Crippen LogP contribution in [0.1, 0.15) is 5.56 Å². The lowest BCUT2D eigenvalue weighted by molar-refractivity contribution is -0.383. The number of nitro benzene ring substituents is 1. The lowest BCUT2D eigenvalue weighted by atomic mass is 10.1. The van der Waals surface area contributed by atoms with E-state index in [1.54, 1.807) is 18.2 Å². The second-order valence-electron chi connectivity index (χ2n) is 5.68. The summed E-state index contributed by atoms with van der Waals surface area (Å²) in [5.41, 5.74) is 2.92. The van der Waals surface area contributed by atoms with Gasteiger partial charge < -0.3 is 5.32 Å². The summed E-state index contributed by atoms with van der Waals surface area (Å²) >= 11 is 1.21. The van der Waals surface area contributed by atoms with Gasteiger partial charge in [0.25, 0.3) is 5.69 Å².